The van der Waals surface area contributed by atoms with E-state index in [2.05, 4.69) is 19.1 Å². The number of carbonyl (C=O) groups is 1. The van der Waals surface area contributed by atoms with Crippen LogP contribution in [0.4, 0.5) is 0 Å². The highest BCUT2D eigenvalue weighted by atomic mass is 16.3. The molecule has 146 valence electrons. The van der Waals surface area contributed by atoms with Crippen LogP contribution in [0.25, 0.3) is 0 Å². The molecule has 0 aliphatic heterocycles. The zero-order chi connectivity index (χ0) is 19.5. The van der Waals surface area contributed by atoms with Crippen LogP contribution in [0.1, 0.15) is 68.9 Å². The summed E-state index contributed by atoms with van der Waals surface area (Å²) in [6.45, 7) is 2.31. The van der Waals surface area contributed by atoms with Gasteiger partial charge >= 0.3 is 0 Å². The van der Waals surface area contributed by atoms with Crippen LogP contribution >= 0.6 is 0 Å². The Kier molecular flexibility index (Phi) is 4.20. The molecule has 4 aliphatic carbocycles. The largest absolute Gasteiger partial charge is 0.393 e. The van der Waals surface area contributed by atoms with Gasteiger partial charge in [0.1, 0.15) is 0 Å². The van der Waals surface area contributed by atoms with E-state index in [-0.39, 0.29) is 17.3 Å². The Hall–Kier alpha value is -2.00. The fourth-order valence-corrected chi connectivity index (χ4v) is 6.76. The third-order valence-electron chi connectivity index (χ3n) is 8.19. The Labute approximate surface area is 167 Å². The maximum atomic E-state index is 12.0. The van der Waals surface area contributed by atoms with Crippen LogP contribution in [0.2, 0.25) is 0 Å². The van der Waals surface area contributed by atoms with Crippen LogP contribution in [0.3, 0.4) is 0 Å². The van der Waals surface area contributed by atoms with E-state index in [0.717, 1.165) is 44.1 Å². The van der Waals surface area contributed by atoms with Crippen molar-refractivity contribution in [2.45, 2.75) is 63.9 Å². The maximum Gasteiger partial charge on any atom is 0.156 e. The SMILES string of the molecule is CC12CC(c3ccc(C=N)cc3)C3=C4CCC(=O)C=C4CCC3C1CCC2O. The zero-order valence-corrected chi connectivity index (χ0v) is 16.6. The van der Waals surface area contributed by atoms with E-state index in [4.69, 9.17) is 5.41 Å². The minimum absolute atomic E-state index is 0.0225. The topological polar surface area (TPSA) is 61.2 Å². The van der Waals surface area contributed by atoms with Crippen molar-refractivity contribution in [1.82, 2.24) is 0 Å². The van der Waals surface area contributed by atoms with Gasteiger partial charge in [-0.25, -0.2) is 0 Å². The lowest BCUT2D eigenvalue weighted by molar-refractivity contribution is -0.114. The molecule has 3 heteroatoms. The van der Waals surface area contributed by atoms with Gasteiger partial charge in [-0.1, -0.05) is 36.8 Å². The number of allylic oxidation sites excluding steroid dienone is 4. The van der Waals surface area contributed by atoms with E-state index in [1.165, 1.54) is 22.9 Å². The lowest BCUT2D eigenvalue weighted by Gasteiger charge is -2.52. The minimum atomic E-state index is -0.211. The van der Waals surface area contributed by atoms with E-state index in [1.807, 2.05) is 18.2 Å². The molecule has 4 aliphatic rings. The molecule has 0 saturated heterocycles. The van der Waals surface area contributed by atoms with Gasteiger partial charge in [0.25, 0.3) is 0 Å². The standard InChI is InChI=1S/C25H29NO2/c1-25-13-21(16-4-2-15(14-26)3-5-16)24-19-9-7-18(27)12-17(19)6-8-20(24)22(25)10-11-23(25)28/h2-5,12,14,20-23,26,28H,6-11,13H2,1H3. The molecule has 5 atom stereocenters. The molecular formula is C25H29NO2. The van der Waals surface area contributed by atoms with Crippen molar-refractivity contribution >= 4 is 12.0 Å². The summed E-state index contributed by atoms with van der Waals surface area (Å²) in [5.74, 6) is 1.68. The molecule has 2 saturated carbocycles. The van der Waals surface area contributed by atoms with Crippen LogP contribution in [0, 0.1) is 22.7 Å². The Balaban J connectivity index is 1.67. The molecule has 5 unspecified atom stereocenters. The summed E-state index contributed by atoms with van der Waals surface area (Å²) in [6, 6.07) is 8.41. The number of aliphatic hydroxyl groups excluding tert-OH is 1. The van der Waals surface area contributed by atoms with E-state index in [0.29, 0.717) is 24.2 Å². The summed E-state index contributed by atoms with van der Waals surface area (Å²) >= 11 is 0. The number of ketones is 1. The number of carbonyl (C=O) groups excluding carboxylic acids is 1. The molecule has 28 heavy (non-hydrogen) atoms. The van der Waals surface area contributed by atoms with Gasteiger partial charge in [-0.3, -0.25) is 4.79 Å². The zero-order valence-electron chi connectivity index (χ0n) is 16.6. The quantitative estimate of drug-likeness (QED) is 0.719. The lowest BCUT2D eigenvalue weighted by Crippen LogP contribution is -2.45. The first-order valence-corrected chi connectivity index (χ1v) is 10.8. The van der Waals surface area contributed by atoms with Crippen molar-refractivity contribution < 1.29 is 9.90 Å². The molecule has 0 spiro atoms. The predicted octanol–water partition coefficient (Wildman–Crippen LogP) is 4.94. The van der Waals surface area contributed by atoms with Crippen LogP contribution in [-0.2, 0) is 4.79 Å². The molecule has 3 nitrogen and oxygen atoms in total. The van der Waals surface area contributed by atoms with Crippen molar-refractivity contribution in [3.8, 4) is 0 Å². The monoisotopic (exact) mass is 375 g/mol. The summed E-state index contributed by atoms with van der Waals surface area (Å²) in [5, 5.41) is 18.4. The molecule has 0 radical (unpaired) electrons. The van der Waals surface area contributed by atoms with Crippen LogP contribution < -0.4 is 0 Å². The van der Waals surface area contributed by atoms with Crippen LogP contribution in [-0.4, -0.2) is 23.2 Å². The molecule has 0 bridgehead atoms. The summed E-state index contributed by atoms with van der Waals surface area (Å²) in [6.07, 6.45) is 9.76. The minimum Gasteiger partial charge on any atom is -0.393 e. The first-order chi connectivity index (χ1) is 13.5. The second-order valence-electron chi connectivity index (χ2n) is 9.49. The van der Waals surface area contributed by atoms with E-state index in [1.54, 1.807) is 5.57 Å². The van der Waals surface area contributed by atoms with Crippen LogP contribution in [0.15, 0.2) is 47.1 Å². The van der Waals surface area contributed by atoms with E-state index >= 15 is 0 Å². The van der Waals surface area contributed by atoms with Gasteiger partial charge in [-0.05, 0) is 84.1 Å². The van der Waals surface area contributed by atoms with Gasteiger partial charge in [0, 0.05) is 18.6 Å². The van der Waals surface area contributed by atoms with Crippen molar-refractivity contribution in [1.29, 1.82) is 5.41 Å². The van der Waals surface area contributed by atoms with Gasteiger partial charge in [-0.2, -0.15) is 0 Å². The summed E-state index contributed by atoms with van der Waals surface area (Å²) in [4.78, 5) is 12.0. The third-order valence-corrected chi connectivity index (χ3v) is 8.19. The first-order valence-electron chi connectivity index (χ1n) is 10.8. The van der Waals surface area contributed by atoms with Crippen molar-refractivity contribution in [3.63, 3.8) is 0 Å². The summed E-state index contributed by atoms with van der Waals surface area (Å²) < 4.78 is 0. The molecule has 2 N–H and O–H groups in total. The lowest BCUT2D eigenvalue weighted by atomic mass is 9.53. The van der Waals surface area contributed by atoms with Crippen molar-refractivity contribution in [2.24, 2.45) is 17.3 Å². The smallest absolute Gasteiger partial charge is 0.156 e. The highest BCUT2D eigenvalue weighted by Crippen LogP contribution is 2.63. The normalized spacial score (nSPS) is 37.1. The Morgan fingerprint density at radius 2 is 1.89 bits per heavy atom. The predicted molar refractivity (Wildman–Crippen MR) is 111 cm³/mol. The van der Waals surface area contributed by atoms with Gasteiger partial charge in [0.2, 0.25) is 0 Å². The van der Waals surface area contributed by atoms with Crippen molar-refractivity contribution in [2.75, 3.05) is 0 Å². The average molecular weight is 376 g/mol. The number of hydrogen-bond acceptors (Lipinski definition) is 3. The third kappa shape index (κ3) is 2.59. The van der Waals surface area contributed by atoms with Gasteiger partial charge < -0.3 is 10.5 Å². The molecule has 1 aromatic rings. The number of hydrogen-bond donors (Lipinski definition) is 2. The number of nitrogens with one attached hydrogen (secondary N) is 1. The van der Waals surface area contributed by atoms with Gasteiger partial charge in [0.15, 0.2) is 5.78 Å². The van der Waals surface area contributed by atoms with Crippen LogP contribution in [0.5, 0.6) is 0 Å². The molecule has 2 fully saturated rings. The second kappa shape index (κ2) is 6.52. The Morgan fingerprint density at radius 3 is 2.64 bits per heavy atom. The summed E-state index contributed by atoms with van der Waals surface area (Å²) in [7, 11) is 0. The first kappa shape index (κ1) is 18.1. The fraction of sp³-hybridized carbons (Fsp3) is 0.520. The maximum absolute atomic E-state index is 12.0. The molecule has 5 rings (SSSR count). The number of aliphatic hydroxyl groups is 1. The fourth-order valence-electron chi connectivity index (χ4n) is 6.76. The van der Waals surface area contributed by atoms with Gasteiger partial charge in [0.05, 0.1) is 6.10 Å². The number of fused-ring (bicyclic) bond motifs is 4. The number of benzene rings is 1. The van der Waals surface area contributed by atoms with E-state index < -0.39 is 0 Å². The highest BCUT2D eigenvalue weighted by Gasteiger charge is 2.56. The van der Waals surface area contributed by atoms with Crippen molar-refractivity contribution in [3.05, 3.63) is 58.2 Å². The highest BCUT2D eigenvalue weighted by molar-refractivity contribution is 5.93. The molecule has 1 aromatic carbocycles. The number of rotatable bonds is 2. The molecule has 0 heterocycles. The van der Waals surface area contributed by atoms with E-state index in [9.17, 15) is 9.90 Å². The molecular weight excluding hydrogens is 346 g/mol. The molecule has 0 amide bonds. The molecule has 0 aromatic heterocycles. The second-order valence-corrected chi connectivity index (χ2v) is 9.49. The Bertz CT molecular complexity index is 894. The average Bonchev–Trinajstić information content (AvgIpc) is 3.01. The Morgan fingerprint density at radius 1 is 1.11 bits per heavy atom. The summed E-state index contributed by atoms with van der Waals surface area (Å²) in [5.41, 5.74) is 6.52. The van der Waals surface area contributed by atoms with Gasteiger partial charge in [-0.15, -0.1) is 0 Å².